The molecule has 0 aliphatic carbocycles. The number of rotatable bonds is 2. The maximum atomic E-state index is 10.7. The third-order valence-electron chi connectivity index (χ3n) is 2.94. The van der Waals surface area contributed by atoms with E-state index in [1.54, 1.807) is 24.4 Å². The van der Waals surface area contributed by atoms with Gasteiger partial charge in [-0.05, 0) is 30.3 Å². The van der Waals surface area contributed by atoms with E-state index >= 15 is 0 Å². The van der Waals surface area contributed by atoms with Gasteiger partial charge in [0.2, 0.25) is 0 Å². The molecule has 3 rings (SSSR count). The second-order valence-electron chi connectivity index (χ2n) is 4.15. The fourth-order valence-electron chi connectivity index (χ4n) is 2.04. The second kappa shape index (κ2) is 4.39. The number of nitriles is 1. The molecular formula is C15H9N3O. The number of hydrogen-bond acceptors (Lipinski definition) is 3. The van der Waals surface area contributed by atoms with E-state index in [4.69, 9.17) is 5.26 Å². The van der Waals surface area contributed by atoms with E-state index in [9.17, 15) is 4.79 Å². The predicted octanol–water partition coefficient (Wildman–Crippen LogP) is 2.71. The molecule has 0 saturated carbocycles. The molecule has 0 atom stereocenters. The average Bonchev–Trinajstić information content (AvgIpc) is 2.90. The van der Waals surface area contributed by atoms with Crippen molar-refractivity contribution in [2.45, 2.75) is 0 Å². The van der Waals surface area contributed by atoms with Crippen molar-refractivity contribution in [2.24, 2.45) is 0 Å². The minimum atomic E-state index is 0.552. The van der Waals surface area contributed by atoms with Crippen LogP contribution in [0, 0.1) is 11.3 Å². The van der Waals surface area contributed by atoms with E-state index in [2.05, 4.69) is 11.1 Å². The summed E-state index contributed by atoms with van der Waals surface area (Å²) in [5, 5.41) is 9.82. The number of nitrogens with zero attached hydrogens (tertiary/aromatic N) is 3. The van der Waals surface area contributed by atoms with Crippen LogP contribution in [0.5, 0.6) is 0 Å². The number of aromatic nitrogens is 2. The van der Waals surface area contributed by atoms with Gasteiger partial charge in [-0.15, -0.1) is 0 Å². The summed E-state index contributed by atoms with van der Waals surface area (Å²) in [6.07, 6.45) is 4.20. The van der Waals surface area contributed by atoms with Crippen LogP contribution in [0.3, 0.4) is 0 Å². The minimum absolute atomic E-state index is 0.552. The van der Waals surface area contributed by atoms with Crippen molar-refractivity contribution >= 4 is 17.3 Å². The summed E-state index contributed by atoms with van der Waals surface area (Å²) in [7, 11) is 0. The molecule has 0 N–H and O–H groups in total. The zero-order chi connectivity index (χ0) is 13.2. The smallest absolute Gasteiger partial charge is 0.151 e. The Balaban J connectivity index is 2.20. The molecule has 0 amide bonds. The lowest BCUT2D eigenvalue weighted by molar-refractivity contribution is 0.112. The van der Waals surface area contributed by atoms with Crippen LogP contribution in [0.25, 0.3) is 16.7 Å². The molecule has 0 spiro atoms. The number of carbonyl (C=O) groups is 1. The van der Waals surface area contributed by atoms with Crippen molar-refractivity contribution in [2.75, 3.05) is 0 Å². The molecule has 4 heteroatoms. The highest BCUT2D eigenvalue weighted by Crippen LogP contribution is 2.19. The summed E-state index contributed by atoms with van der Waals surface area (Å²) in [4.78, 5) is 15.0. The molecule has 0 saturated heterocycles. The van der Waals surface area contributed by atoms with E-state index < -0.39 is 0 Å². The summed E-state index contributed by atoms with van der Waals surface area (Å²) in [5.74, 6) is 0. The van der Waals surface area contributed by atoms with E-state index in [0.29, 0.717) is 11.1 Å². The Morgan fingerprint density at radius 3 is 2.95 bits per heavy atom. The Morgan fingerprint density at radius 1 is 1.26 bits per heavy atom. The van der Waals surface area contributed by atoms with Crippen LogP contribution in [0.15, 0.2) is 48.8 Å². The molecule has 0 radical (unpaired) electrons. The predicted molar refractivity (Wildman–Crippen MR) is 71.2 cm³/mol. The number of fused-ring (bicyclic) bond motifs is 1. The fraction of sp³-hybridized carbons (Fsp3) is 0. The van der Waals surface area contributed by atoms with Gasteiger partial charge < -0.3 is 4.57 Å². The molecule has 2 aromatic heterocycles. The highest BCUT2D eigenvalue weighted by Gasteiger charge is 2.05. The molecule has 0 fully saturated rings. The van der Waals surface area contributed by atoms with Crippen molar-refractivity contribution in [1.29, 1.82) is 5.26 Å². The van der Waals surface area contributed by atoms with E-state index in [1.807, 2.05) is 29.0 Å². The largest absolute Gasteiger partial charge is 0.301 e. The second-order valence-corrected chi connectivity index (χ2v) is 4.15. The zero-order valence-electron chi connectivity index (χ0n) is 9.95. The van der Waals surface area contributed by atoms with Crippen molar-refractivity contribution in [3.8, 4) is 11.8 Å². The van der Waals surface area contributed by atoms with E-state index in [0.717, 1.165) is 23.0 Å². The van der Waals surface area contributed by atoms with Gasteiger partial charge in [0.15, 0.2) is 6.29 Å². The first kappa shape index (κ1) is 11.2. The van der Waals surface area contributed by atoms with Gasteiger partial charge in [0.25, 0.3) is 0 Å². The standard InChI is InChI=1S/C15H9N3O/c16-8-11-2-1-3-14(7-11)18-5-4-13-6-12(10-19)9-17-15(13)18/h1-7,9-10H. The maximum absolute atomic E-state index is 10.7. The van der Waals surface area contributed by atoms with Gasteiger partial charge in [0.1, 0.15) is 5.65 Å². The maximum Gasteiger partial charge on any atom is 0.151 e. The number of carbonyl (C=O) groups excluding carboxylic acids is 1. The average molecular weight is 247 g/mol. The van der Waals surface area contributed by atoms with Crippen LogP contribution in [0.2, 0.25) is 0 Å². The molecule has 0 unspecified atom stereocenters. The van der Waals surface area contributed by atoms with Crippen LogP contribution in [-0.2, 0) is 0 Å². The van der Waals surface area contributed by atoms with Gasteiger partial charge in [-0.25, -0.2) is 4.98 Å². The summed E-state index contributed by atoms with van der Waals surface area (Å²) in [6.45, 7) is 0. The zero-order valence-corrected chi connectivity index (χ0v) is 9.95. The molecule has 19 heavy (non-hydrogen) atoms. The van der Waals surface area contributed by atoms with Crippen molar-refractivity contribution in [3.63, 3.8) is 0 Å². The summed E-state index contributed by atoms with van der Waals surface area (Å²) in [5.41, 5.74) is 2.79. The third-order valence-corrected chi connectivity index (χ3v) is 2.94. The molecule has 3 aromatic rings. The monoisotopic (exact) mass is 247 g/mol. The highest BCUT2D eigenvalue weighted by molar-refractivity contribution is 5.85. The molecular weight excluding hydrogens is 238 g/mol. The Bertz CT molecular complexity index is 812. The Labute approximate surface area is 109 Å². The first-order valence-electron chi connectivity index (χ1n) is 5.74. The van der Waals surface area contributed by atoms with Crippen LogP contribution < -0.4 is 0 Å². The first-order chi connectivity index (χ1) is 9.31. The first-order valence-corrected chi connectivity index (χ1v) is 5.74. The quantitative estimate of drug-likeness (QED) is 0.654. The fourth-order valence-corrected chi connectivity index (χ4v) is 2.04. The lowest BCUT2D eigenvalue weighted by Crippen LogP contribution is -1.94. The van der Waals surface area contributed by atoms with Gasteiger partial charge in [-0.2, -0.15) is 5.26 Å². The van der Waals surface area contributed by atoms with Gasteiger partial charge in [0.05, 0.1) is 11.6 Å². The van der Waals surface area contributed by atoms with Crippen molar-refractivity contribution < 1.29 is 4.79 Å². The summed E-state index contributed by atoms with van der Waals surface area (Å²) in [6, 6.07) is 13.1. The lowest BCUT2D eigenvalue weighted by atomic mass is 10.2. The summed E-state index contributed by atoms with van der Waals surface area (Å²) < 4.78 is 1.89. The molecule has 0 bridgehead atoms. The molecule has 0 aliphatic rings. The van der Waals surface area contributed by atoms with Gasteiger partial charge >= 0.3 is 0 Å². The Morgan fingerprint density at radius 2 is 2.16 bits per heavy atom. The molecule has 0 aliphatic heterocycles. The molecule has 90 valence electrons. The molecule has 1 aromatic carbocycles. The van der Waals surface area contributed by atoms with E-state index in [1.165, 1.54) is 0 Å². The third kappa shape index (κ3) is 1.87. The van der Waals surface area contributed by atoms with Crippen molar-refractivity contribution in [1.82, 2.24) is 9.55 Å². The van der Waals surface area contributed by atoms with Crippen molar-refractivity contribution in [3.05, 3.63) is 59.9 Å². The number of aldehydes is 1. The van der Waals surface area contributed by atoms with Crippen LogP contribution >= 0.6 is 0 Å². The number of benzene rings is 1. The van der Waals surface area contributed by atoms with Crippen LogP contribution in [0.4, 0.5) is 0 Å². The Hall–Kier alpha value is -2.93. The lowest BCUT2D eigenvalue weighted by Gasteiger charge is -2.04. The van der Waals surface area contributed by atoms with Gasteiger partial charge in [-0.1, -0.05) is 6.07 Å². The minimum Gasteiger partial charge on any atom is -0.301 e. The topological polar surface area (TPSA) is 58.7 Å². The van der Waals surface area contributed by atoms with E-state index in [-0.39, 0.29) is 0 Å². The number of hydrogen-bond donors (Lipinski definition) is 0. The van der Waals surface area contributed by atoms with Gasteiger partial charge in [0, 0.05) is 29.0 Å². The van der Waals surface area contributed by atoms with Crippen LogP contribution in [-0.4, -0.2) is 15.8 Å². The highest BCUT2D eigenvalue weighted by atomic mass is 16.1. The SMILES string of the molecule is N#Cc1cccc(-n2ccc3cc(C=O)cnc32)c1. The molecule has 4 nitrogen and oxygen atoms in total. The van der Waals surface area contributed by atoms with Gasteiger partial charge in [-0.3, -0.25) is 4.79 Å². The summed E-state index contributed by atoms with van der Waals surface area (Å²) >= 11 is 0. The Kier molecular flexibility index (Phi) is 2.58. The van der Waals surface area contributed by atoms with Crippen LogP contribution in [0.1, 0.15) is 15.9 Å². The normalized spacial score (nSPS) is 10.3. The number of pyridine rings is 1. The molecule has 2 heterocycles.